The number of rotatable bonds is 5. The zero-order valence-electron chi connectivity index (χ0n) is 12.9. The summed E-state index contributed by atoms with van der Waals surface area (Å²) >= 11 is 0. The molecule has 0 bridgehead atoms. The van der Waals surface area contributed by atoms with E-state index in [0.29, 0.717) is 0 Å². The Morgan fingerprint density at radius 3 is 2.05 bits per heavy atom. The van der Waals surface area contributed by atoms with Crippen molar-refractivity contribution in [2.45, 2.75) is 71.6 Å². The number of hydrogen-bond donors (Lipinski definition) is 0. The zero-order valence-corrected chi connectivity index (χ0v) is 12.9. The van der Waals surface area contributed by atoms with Crippen LogP contribution in [0.5, 0.6) is 0 Å². The molecule has 0 N–H and O–H groups in total. The Balaban J connectivity index is 1.63. The molecule has 0 unspecified atom stereocenters. The van der Waals surface area contributed by atoms with Gasteiger partial charge in [0.2, 0.25) is 0 Å². The Bertz CT molecular complexity index is 255. The van der Waals surface area contributed by atoms with Crippen molar-refractivity contribution < 1.29 is 4.74 Å². The lowest BCUT2D eigenvalue weighted by atomic mass is 9.69. The maximum Gasteiger partial charge on any atom is 0.0901 e. The van der Waals surface area contributed by atoms with Crippen LogP contribution in [0, 0.1) is 23.7 Å². The van der Waals surface area contributed by atoms with E-state index in [1.165, 1.54) is 51.4 Å². The van der Waals surface area contributed by atoms with Gasteiger partial charge in [-0.3, -0.25) is 0 Å². The Morgan fingerprint density at radius 2 is 1.47 bits per heavy atom. The Morgan fingerprint density at radius 1 is 0.895 bits per heavy atom. The fourth-order valence-electron chi connectivity index (χ4n) is 3.94. The summed E-state index contributed by atoms with van der Waals surface area (Å²) in [4.78, 5) is 0. The molecule has 0 aromatic carbocycles. The molecule has 0 atom stereocenters. The third kappa shape index (κ3) is 4.85. The van der Waals surface area contributed by atoms with Gasteiger partial charge in [0.15, 0.2) is 0 Å². The minimum absolute atomic E-state index is 0.820. The molecule has 0 saturated heterocycles. The molecule has 2 saturated carbocycles. The van der Waals surface area contributed by atoms with E-state index in [-0.39, 0.29) is 0 Å². The van der Waals surface area contributed by atoms with E-state index in [4.69, 9.17) is 4.74 Å². The van der Waals surface area contributed by atoms with Crippen LogP contribution in [0.2, 0.25) is 0 Å². The summed E-state index contributed by atoms with van der Waals surface area (Å²) in [5.41, 5.74) is 0. The summed E-state index contributed by atoms with van der Waals surface area (Å²) in [6.45, 7) is 5.52. The van der Waals surface area contributed by atoms with Gasteiger partial charge in [-0.25, -0.2) is 0 Å². The van der Waals surface area contributed by atoms with Crippen molar-refractivity contribution in [1.82, 2.24) is 0 Å². The van der Waals surface area contributed by atoms with Crippen molar-refractivity contribution in [1.29, 1.82) is 0 Å². The van der Waals surface area contributed by atoms with E-state index >= 15 is 0 Å². The molecule has 2 fully saturated rings. The van der Waals surface area contributed by atoms with Gasteiger partial charge in [0, 0.05) is 0 Å². The lowest BCUT2D eigenvalue weighted by Gasteiger charge is -2.37. The summed E-state index contributed by atoms with van der Waals surface area (Å²) in [5.74, 6) is 3.90. The van der Waals surface area contributed by atoms with Crippen LogP contribution in [-0.2, 0) is 4.74 Å². The van der Waals surface area contributed by atoms with Gasteiger partial charge < -0.3 is 4.74 Å². The fraction of sp³-hybridized carbons (Fsp3) is 0.889. The molecule has 0 amide bonds. The van der Waals surface area contributed by atoms with E-state index in [2.05, 4.69) is 19.9 Å². The van der Waals surface area contributed by atoms with Gasteiger partial charge >= 0.3 is 0 Å². The van der Waals surface area contributed by atoms with Gasteiger partial charge in [0.05, 0.1) is 12.9 Å². The molecule has 1 heteroatoms. The molecule has 1 nitrogen and oxygen atoms in total. The zero-order chi connectivity index (χ0) is 13.5. The van der Waals surface area contributed by atoms with Crippen LogP contribution in [-0.4, -0.2) is 6.61 Å². The summed E-state index contributed by atoms with van der Waals surface area (Å²) in [6, 6.07) is 0. The second-order valence-corrected chi connectivity index (χ2v) is 6.91. The van der Waals surface area contributed by atoms with Crippen LogP contribution >= 0.6 is 0 Å². The first kappa shape index (κ1) is 14.9. The van der Waals surface area contributed by atoms with Gasteiger partial charge in [-0.15, -0.1) is 0 Å². The molecule has 2 aliphatic carbocycles. The highest BCUT2D eigenvalue weighted by Gasteiger charge is 2.29. The van der Waals surface area contributed by atoms with Crippen molar-refractivity contribution in [3.8, 4) is 0 Å². The smallest absolute Gasteiger partial charge is 0.0901 e. The van der Waals surface area contributed by atoms with Crippen LogP contribution in [0.25, 0.3) is 0 Å². The molecule has 0 aromatic heterocycles. The van der Waals surface area contributed by atoms with Crippen molar-refractivity contribution >= 4 is 0 Å². The molecule has 2 rings (SSSR count). The lowest BCUT2D eigenvalue weighted by molar-refractivity contribution is 0.111. The van der Waals surface area contributed by atoms with Crippen molar-refractivity contribution in [3.05, 3.63) is 12.3 Å². The van der Waals surface area contributed by atoms with Crippen LogP contribution in [0.15, 0.2) is 12.3 Å². The average Bonchev–Trinajstić information content (AvgIpc) is 2.45. The third-order valence-electron chi connectivity index (χ3n) is 5.38. The van der Waals surface area contributed by atoms with Crippen molar-refractivity contribution in [3.63, 3.8) is 0 Å². The predicted molar refractivity (Wildman–Crippen MR) is 82.0 cm³/mol. The Labute approximate surface area is 119 Å². The Hall–Kier alpha value is -0.460. The van der Waals surface area contributed by atoms with Crippen LogP contribution in [0.1, 0.15) is 71.6 Å². The molecular weight excluding hydrogens is 232 g/mol. The first-order valence-electron chi connectivity index (χ1n) is 8.56. The largest absolute Gasteiger partial charge is 0.501 e. The van der Waals surface area contributed by atoms with E-state index in [9.17, 15) is 0 Å². The number of allylic oxidation sites excluding steroid dienone is 1. The molecule has 0 aliphatic heterocycles. The molecule has 0 radical (unpaired) electrons. The maximum atomic E-state index is 5.63. The molecule has 0 aromatic rings. The minimum Gasteiger partial charge on any atom is -0.501 e. The van der Waals surface area contributed by atoms with Crippen LogP contribution in [0.3, 0.4) is 0 Å². The van der Waals surface area contributed by atoms with Gasteiger partial charge in [-0.05, 0) is 68.6 Å². The SMILES string of the molecule is CCC=COCC1CCC(C2CCC(C)CC2)CC1. The Kier molecular flexibility index (Phi) is 6.26. The second kappa shape index (κ2) is 7.97. The van der Waals surface area contributed by atoms with Crippen molar-refractivity contribution in [2.75, 3.05) is 6.61 Å². The maximum absolute atomic E-state index is 5.63. The molecule has 2 aliphatic rings. The topological polar surface area (TPSA) is 9.23 Å². The highest BCUT2D eigenvalue weighted by Crippen LogP contribution is 2.41. The van der Waals surface area contributed by atoms with E-state index < -0.39 is 0 Å². The lowest BCUT2D eigenvalue weighted by Crippen LogP contribution is -2.26. The van der Waals surface area contributed by atoms with E-state index in [1.807, 2.05) is 6.26 Å². The summed E-state index contributed by atoms with van der Waals surface area (Å²) in [6.07, 6.45) is 16.8. The van der Waals surface area contributed by atoms with E-state index in [1.54, 1.807) is 0 Å². The van der Waals surface area contributed by atoms with Crippen molar-refractivity contribution in [2.24, 2.45) is 23.7 Å². The molecule has 19 heavy (non-hydrogen) atoms. The molecule has 0 spiro atoms. The standard InChI is InChI=1S/C18H32O/c1-3-4-13-19-14-16-7-11-18(12-8-16)17-9-5-15(2)6-10-17/h4,13,15-18H,3,5-12,14H2,1-2H3. The minimum atomic E-state index is 0.820. The first-order chi connectivity index (χ1) is 9.29. The third-order valence-corrected chi connectivity index (χ3v) is 5.38. The number of ether oxygens (including phenoxy) is 1. The molecule has 0 heterocycles. The second-order valence-electron chi connectivity index (χ2n) is 6.91. The molecular formula is C18H32O. The number of hydrogen-bond acceptors (Lipinski definition) is 1. The van der Waals surface area contributed by atoms with Gasteiger partial charge in [-0.2, -0.15) is 0 Å². The van der Waals surface area contributed by atoms with Crippen LogP contribution < -0.4 is 0 Å². The van der Waals surface area contributed by atoms with Gasteiger partial charge in [0.25, 0.3) is 0 Å². The quantitative estimate of drug-likeness (QED) is 0.591. The molecule has 110 valence electrons. The van der Waals surface area contributed by atoms with E-state index in [0.717, 1.165) is 36.7 Å². The van der Waals surface area contributed by atoms with Gasteiger partial charge in [-0.1, -0.05) is 32.8 Å². The monoisotopic (exact) mass is 264 g/mol. The summed E-state index contributed by atoms with van der Waals surface area (Å²) < 4.78 is 5.63. The average molecular weight is 264 g/mol. The summed E-state index contributed by atoms with van der Waals surface area (Å²) in [5, 5.41) is 0. The first-order valence-corrected chi connectivity index (χ1v) is 8.56. The normalized spacial score (nSPS) is 36.5. The predicted octanol–water partition coefficient (Wildman–Crippen LogP) is 5.56. The van der Waals surface area contributed by atoms with Crippen LogP contribution in [0.4, 0.5) is 0 Å². The highest BCUT2D eigenvalue weighted by molar-refractivity contribution is 4.81. The summed E-state index contributed by atoms with van der Waals surface area (Å²) in [7, 11) is 0. The highest BCUT2D eigenvalue weighted by atomic mass is 16.5. The van der Waals surface area contributed by atoms with Gasteiger partial charge in [0.1, 0.15) is 0 Å². The fourth-order valence-corrected chi connectivity index (χ4v) is 3.94.